The summed E-state index contributed by atoms with van der Waals surface area (Å²) in [5, 5.41) is 11.2. The van der Waals surface area contributed by atoms with Crippen LogP contribution in [-0.2, 0) is 6.42 Å². The Morgan fingerprint density at radius 3 is 2.62 bits per heavy atom. The van der Waals surface area contributed by atoms with Gasteiger partial charge in [0.1, 0.15) is 0 Å². The van der Waals surface area contributed by atoms with E-state index in [1.807, 2.05) is 19.1 Å². The van der Waals surface area contributed by atoms with Crippen LogP contribution in [-0.4, -0.2) is 10.7 Å². The second kappa shape index (κ2) is 5.72. The molecule has 0 aliphatic heterocycles. The molecule has 0 radical (unpaired) electrons. The third kappa shape index (κ3) is 4.17. The largest absolute Gasteiger partial charge is 0.390 e. The van der Waals surface area contributed by atoms with Crippen LogP contribution in [0.2, 0.25) is 10.0 Å². The predicted octanol–water partition coefficient (Wildman–Crippen LogP) is 4.25. The predicted molar refractivity (Wildman–Crippen MR) is 70.2 cm³/mol. The van der Waals surface area contributed by atoms with Gasteiger partial charge in [0.15, 0.2) is 0 Å². The normalized spacial score (nSPS) is 14.5. The second-order valence-corrected chi connectivity index (χ2v) is 5.06. The van der Waals surface area contributed by atoms with E-state index >= 15 is 0 Å². The van der Waals surface area contributed by atoms with Crippen LogP contribution in [0.4, 0.5) is 0 Å². The molecule has 1 aromatic rings. The Labute approximate surface area is 107 Å². The Morgan fingerprint density at radius 2 is 2.06 bits per heavy atom. The SMILES string of the molecule is C=CCCC(C)(O)Cc1ccc(Cl)c(Cl)c1. The van der Waals surface area contributed by atoms with Crippen LogP contribution in [0.15, 0.2) is 30.9 Å². The molecule has 0 saturated carbocycles. The van der Waals surface area contributed by atoms with Crippen LogP contribution in [0.5, 0.6) is 0 Å². The van der Waals surface area contributed by atoms with Crippen molar-refractivity contribution >= 4 is 23.2 Å². The number of allylic oxidation sites excluding steroid dienone is 1. The zero-order chi connectivity index (χ0) is 12.2. The fourth-order valence-corrected chi connectivity index (χ4v) is 1.91. The van der Waals surface area contributed by atoms with Crippen LogP contribution in [0.25, 0.3) is 0 Å². The molecule has 0 aromatic heterocycles. The van der Waals surface area contributed by atoms with Gasteiger partial charge in [0.2, 0.25) is 0 Å². The molecule has 0 aliphatic carbocycles. The van der Waals surface area contributed by atoms with Crippen LogP contribution in [0.1, 0.15) is 25.3 Å². The third-order valence-corrected chi connectivity index (χ3v) is 3.20. The van der Waals surface area contributed by atoms with Crippen molar-refractivity contribution in [3.63, 3.8) is 0 Å². The van der Waals surface area contributed by atoms with E-state index in [4.69, 9.17) is 23.2 Å². The number of hydrogen-bond donors (Lipinski definition) is 1. The molecular formula is C13H16Cl2O. The van der Waals surface area contributed by atoms with E-state index in [2.05, 4.69) is 6.58 Å². The first-order valence-electron chi connectivity index (χ1n) is 5.22. The van der Waals surface area contributed by atoms with E-state index < -0.39 is 5.60 Å². The number of benzene rings is 1. The van der Waals surface area contributed by atoms with Gasteiger partial charge in [-0.3, -0.25) is 0 Å². The highest BCUT2D eigenvalue weighted by atomic mass is 35.5. The lowest BCUT2D eigenvalue weighted by atomic mass is 9.92. The van der Waals surface area contributed by atoms with Gasteiger partial charge in [-0.25, -0.2) is 0 Å². The molecule has 0 heterocycles. The third-order valence-electron chi connectivity index (χ3n) is 2.46. The van der Waals surface area contributed by atoms with E-state index in [-0.39, 0.29) is 0 Å². The van der Waals surface area contributed by atoms with Crippen molar-refractivity contribution < 1.29 is 5.11 Å². The highest BCUT2D eigenvalue weighted by molar-refractivity contribution is 6.42. The Bertz CT molecular complexity index is 372. The van der Waals surface area contributed by atoms with Gasteiger partial charge in [0.05, 0.1) is 15.6 Å². The van der Waals surface area contributed by atoms with Crippen molar-refractivity contribution in [1.29, 1.82) is 0 Å². The summed E-state index contributed by atoms with van der Waals surface area (Å²) in [4.78, 5) is 0. The van der Waals surface area contributed by atoms with E-state index in [1.165, 1.54) is 0 Å². The zero-order valence-corrected chi connectivity index (χ0v) is 10.9. The number of halogens is 2. The van der Waals surface area contributed by atoms with Gasteiger partial charge in [-0.2, -0.15) is 0 Å². The average molecular weight is 259 g/mol. The lowest BCUT2D eigenvalue weighted by molar-refractivity contribution is 0.0523. The first kappa shape index (κ1) is 13.6. The van der Waals surface area contributed by atoms with Crippen molar-refractivity contribution in [2.24, 2.45) is 0 Å². The number of rotatable bonds is 5. The molecule has 1 atom stereocenters. The van der Waals surface area contributed by atoms with E-state index in [9.17, 15) is 5.11 Å². The van der Waals surface area contributed by atoms with Crippen molar-refractivity contribution in [2.75, 3.05) is 0 Å². The molecule has 3 heteroatoms. The van der Waals surface area contributed by atoms with Gasteiger partial charge in [-0.15, -0.1) is 6.58 Å². The summed E-state index contributed by atoms with van der Waals surface area (Å²) in [6.07, 6.45) is 3.87. The van der Waals surface area contributed by atoms with E-state index in [0.29, 0.717) is 22.9 Å². The zero-order valence-electron chi connectivity index (χ0n) is 9.34. The van der Waals surface area contributed by atoms with Gasteiger partial charge < -0.3 is 5.11 Å². The molecule has 0 amide bonds. The fourth-order valence-electron chi connectivity index (χ4n) is 1.59. The van der Waals surface area contributed by atoms with Crippen LogP contribution < -0.4 is 0 Å². The first-order valence-corrected chi connectivity index (χ1v) is 5.97. The second-order valence-electron chi connectivity index (χ2n) is 4.25. The van der Waals surface area contributed by atoms with E-state index in [1.54, 1.807) is 12.1 Å². The molecule has 16 heavy (non-hydrogen) atoms. The number of hydrogen-bond acceptors (Lipinski definition) is 1. The Morgan fingerprint density at radius 1 is 1.38 bits per heavy atom. The van der Waals surface area contributed by atoms with Crippen LogP contribution in [0.3, 0.4) is 0 Å². The van der Waals surface area contributed by atoms with Crippen molar-refractivity contribution in [3.8, 4) is 0 Å². The molecule has 0 aliphatic rings. The summed E-state index contributed by atoms with van der Waals surface area (Å²) < 4.78 is 0. The van der Waals surface area contributed by atoms with Crippen LogP contribution in [0, 0.1) is 0 Å². The highest BCUT2D eigenvalue weighted by Crippen LogP contribution is 2.26. The van der Waals surface area contributed by atoms with Crippen molar-refractivity contribution in [1.82, 2.24) is 0 Å². The monoisotopic (exact) mass is 258 g/mol. The topological polar surface area (TPSA) is 20.2 Å². The molecule has 88 valence electrons. The van der Waals surface area contributed by atoms with Gasteiger partial charge >= 0.3 is 0 Å². The smallest absolute Gasteiger partial charge is 0.0662 e. The van der Waals surface area contributed by atoms with E-state index in [0.717, 1.165) is 12.0 Å². The summed E-state index contributed by atoms with van der Waals surface area (Å²) in [7, 11) is 0. The van der Waals surface area contributed by atoms with Crippen LogP contribution >= 0.6 is 23.2 Å². The molecule has 1 N–H and O–H groups in total. The van der Waals surface area contributed by atoms with Crippen molar-refractivity contribution in [2.45, 2.75) is 31.8 Å². The summed E-state index contributed by atoms with van der Waals surface area (Å²) in [5.41, 5.74) is 0.259. The maximum atomic E-state index is 10.1. The van der Waals surface area contributed by atoms with Gasteiger partial charge in [0, 0.05) is 6.42 Å². The Hall–Kier alpha value is -0.500. The quantitative estimate of drug-likeness (QED) is 0.783. The molecule has 0 fully saturated rings. The Kier molecular flexibility index (Phi) is 4.85. The minimum absolute atomic E-state index is 0.527. The highest BCUT2D eigenvalue weighted by Gasteiger charge is 2.20. The molecule has 1 unspecified atom stereocenters. The molecular weight excluding hydrogens is 243 g/mol. The standard InChI is InChI=1S/C13H16Cl2O/c1-3-4-7-13(2,16)9-10-5-6-11(14)12(15)8-10/h3,5-6,8,16H,1,4,7,9H2,2H3. The minimum atomic E-state index is -0.731. The molecule has 1 rings (SSSR count). The molecule has 0 saturated heterocycles. The summed E-state index contributed by atoms with van der Waals surface area (Å²) in [6, 6.07) is 5.44. The van der Waals surface area contributed by atoms with Gasteiger partial charge in [0.25, 0.3) is 0 Å². The molecule has 0 spiro atoms. The molecule has 1 nitrogen and oxygen atoms in total. The van der Waals surface area contributed by atoms with Gasteiger partial charge in [-0.05, 0) is 37.5 Å². The average Bonchev–Trinajstić information content (AvgIpc) is 2.20. The fraction of sp³-hybridized carbons (Fsp3) is 0.385. The van der Waals surface area contributed by atoms with Crippen molar-refractivity contribution in [3.05, 3.63) is 46.5 Å². The first-order chi connectivity index (χ1) is 7.44. The summed E-state index contributed by atoms with van der Waals surface area (Å²) >= 11 is 11.7. The summed E-state index contributed by atoms with van der Waals surface area (Å²) in [5.74, 6) is 0. The lowest BCUT2D eigenvalue weighted by Crippen LogP contribution is -2.26. The lowest BCUT2D eigenvalue weighted by Gasteiger charge is -2.22. The van der Waals surface area contributed by atoms with Gasteiger partial charge in [-0.1, -0.05) is 35.3 Å². The maximum absolute atomic E-state index is 10.1. The maximum Gasteiger partial charge on any atom is 0.0662 e. The molecule has 0 bridgehead atoms. The summed E-state index contributed by atoms with van der Waals surface area (Å²) in [6.45, 7) is 5.47. The minimum Gasteiger partial charge on any atom is -0.390 e. The molecule has 1 aromatic carbocycles. The number of aliphatic hydroxyl groups is 1. The Balaban J connectivity index is 2.71.